The normalized spacial score (nSPS) is 15.1. The Kier molecular flexibility index (Phi) is 4.04. The molecule has 0 spiro atoms. The predicted octanol–water partition coefficient (Wildman–Crippen LogP) is 2.81. The molecule has 3 rings (SSSR count). The maximum Gasteiger partial charge on any atom is 0.252 e. The van der Waals surface area contributed by atoms with Gasteiger partial charge < -0.3 is 10.1 Å². The van der Waals surface area contributed by atoms with E-state index < -0.39 is 5.82 Å². The van der Waals surface area contributed by atoms with Gasteiger partial charge in [-0.1, -0.05) is 18.2 Å². The van der Waals surface area contributed by atoms with E-state index in [1.165, 1.54) is 12.3 Å². The fraction of sp³-hybridized carbons (Fsp3) is 0.294. The summed E-state index contributed by atoms with van der Waals surface area (Å²) >= 11 is 0. The van der Waals surface area contributed by atoms with E-state index in [0.717, 1.165) is 24.8 Å². The highest BCUT2D eigenvalue weighted by Crippen LogP contribution is 2.45. The number of halogens is 1. The molecular weight excluding hydrogens is 283 g/mol. The van der Waals surface area contributed by atoms with Gasteiger partial charge in [0.15, 0.2) is 0 Å². The molecule has 2 aromatic rings. The fourth-order valence-corrected chi connectivity index (χ4v) is 2.21. The number of amides is 1. The van der Waals surface area contributed by atoms with Crippen molar-refractivity contribution in [3.63, 3.8) is 0 Å². The molecule has 0 unspecified atom stereocenters. The van der Waals surface area contributed by atoms with Crippen molar-refractivity contribution >= 4 is 5.91 Å². The minimum Gasteiger partial charge on any atom is -0.493 e. The van der Waals surface area contributed by atoms with Gasteiger partial charge in [-0.3, -0.25) is 9.78 Å². The van der Waals surface area contributed by atoms with Crippen LogP contribution >= 0.6 is 0 Å². The van der Waals surface area contributed by atoms with E-state index in [2.05, 4.69) is 10.3 Å². The molecule has 1 heterocycles. The van der Waals surface area contributed by atoms with Gasteiger partial charge in [-0.25, -0.2) is 4.39 Å². The molecule has 0 radical (unpaired) electrons. The fourth-order valence-electron chi connectivity index (χ4n) is 2.21. The SMILES string of the molecule is O=C(NCC1(COc2ccccc2)CC1)c1cncc(F)c1. The van der Waals surface area contributed by atoms with Crippen LogP contribution in [-0.2, 0) is 0 Å². The topological polar surface area (TPSA) is 51.2 Å². The third-order valence-electron chi connectivity index (χ3n) is 3.84. The van der Waals surface area contributed by atoms with Crippen LogP contribution in [0.5, 0.6) is 5.75 Å². The molecule has 4 nitrogen and oxygen atoms in total. The van der Waals surface area contributed by atoms with Crippen molar-refractivity contribution in [2.24, 2.45) is 5.41 Å². The number of nitrogens with one attached hydrogen (secondary N) is 1. The van der Waals surface area contributed by atoms with E-state index in [9.17, 15) is 9.18 Å². The number of para-hydroxylation sites is 1. The molecular formula is C17H17FN2O2. The van der Waals surface area contributed by atoms with Gasteiger partial charge in [0.1, 0.15) is 11.6 Å². The summed E-state index contributed by atoms with van der Waals surface area (Å²) in [6.07, 6.45) is 4.47. The zero-order valence-corrected chi connectivity index (χ0v) is 12.1. The summed E-state index contributed by atoms with van der Waals surface area (Å²) in [5.74, 6) is 0.00798. The van der Waals surface area contributed by atoms with Gasteiger partial charge in [-0.2, -0.15) is 0 Å². The molecule has 1 aliphatic carbocycles. The van der Waals surface area contributed by atoms with Crippen molar-refractivity contribution in [2.75, 3.05) is 13.2 Å². The Morgan fingerprint density at radius 1 is 1.27 bits per heavy atom. The molecule has 0 atom stereocenters. The summed E-state index contributed by atoms with van der Waals surface area (Å²) in [7, 11) is 0. The second-order valence-corrected chi connectivity index (χ2v) is 5.68. The quantitative estimate of drug-likeness (QED) is 0.892. The van der Waals surface area contributed by atoms with Crippen LogP contribution in [0.4, 0.5) is 4.39 Å². The minimum absolute atomic E-state index is 0.00768. The highest BCUT2D eigenvalue weighted by Gasteiger charge is 2.43. The number of hydrogen-bond donors (Lipinski definition) is 1. The van der Waals surface area contributed by atoms with E-state index in [0.29, 0.717) is 13.2 Å². The highest BCUT2D eigenvalue weighted by atomic mass is 19.1. The number of ether oxygens (including phenoxy) is 1. The third-order valence-corrected chi connectivity index (χ3v) is 3.84. The average Bonchev–Trinajstić information content (AvgIpc) is 3.32. The Morgan fingerprint density at radius 3 is 2.73 bits per heavy atom. The second kappa shape index (κ2) is 6.13. The molecule has 1 aromatic heterocycles. The standard InChI is InChI=1S/C17H17FN2O2/c18-14-8-13(9-19-10-14)16(21)20-11-17(6-7-17)12-22-15-4-2-1-3-5-15/h1-5,8-10H,6-7,11-12H2,(H,20,21). The smallest absolute Gasteiger partial charge is 0.252 e. The lowest BCUT2D eigenvalue weighted by molar-refractivity contribution is 0.0936. The molecule has 1 fully saturated rings. The van der Waals surface area contributed by atoms with E-state index >= 15 is 0 Å². The third kappa shape index (κ3) is 3.61. The van der Waals surface area contributed by atoms with Gasteiger partial charge in [-0.05, 0) is 31.0 Å². The molecule has 1 aromatic carbocycles. The number of carbonyl (C=O) groups excluding carboxylic acids is 1. The first kappa shape index (κ1) is 14.5. The summed E-state index contributed by atoms with van der Waals surface area (Å²) in [5, 5.41) is 2.84. The van der Waals surface area contributed by atoms with Gasteiger partial charge in [0.25, 0.3) is 5.91 Å². The van der Waals surface area contributed by atoms with E-state index in [-0.39, 0.29) is 16.9 Å². The first-order valence-corrected chi connectivity index (χ1v) is 7.24. The number of aromatic nitrogens is 1. The zero-order valence-electron chi connectivity index (χ0n) is 12.1. The maximum absolute atomic E-state index is 13.1. The lowest BCUT2D eigenvalue weighted by Gasteiger charge is -2.17. The Hall–Kier alpha value is -2.43. The molecule has 1 aliphatic rings. The van der Waals surface area contributed by atoms with Crippen molar-refractivity contribution in [1.29, 1.82) is 0 Å². The molecule has 0 aliphatic heterocycles. The van der Waals surface area contributed by atoms with Gasteiger partial charge in [0.2, 0.25) is 0 Å². The summed E-state index contributed by atoms with van der Waals surface area (Å²) in [5.41, 5.74) is 0.228. The van der Waals surface area contributed by atoms with Crippen LogP contribution in [0.3, 0.4) is 0 Å². The van der Waals surface area contributed by atoms with Gasteiger partial charge >= 0.3 is 0 Å². The molecule has 22 heavy (non-hydrogen) atoms. The number of rotatable bonds is 6. The Morgan fingerprint density at radius 2 is 2.05 bits per heavy atom. The largest absolute Gasteiger partial charge is 0.493 e. The summed E-state index contributed by atoms with van der Waals surface area (Å²) in [6, 6.07) is 10.8. The van der Waals surface area contributed by atoms with E-state index in [1.54, 1.807) is 0 Å². The first-order valence-electron chi connectivity index (χ1n) is 7.24. The molecule has 114 valence electrons. The molecule has 1 N–H and O–H groups in total. The Balaban J connectivity index is 1.51. The predicted molar refractivity (Wildman–Crippen MR) is 80.1 cm³/mol. The molecule has 1 saturated carbocycles. The molecule has 5 heteroatoms. The average molecular weight is 300 g/mol. The van der Waals surface area contributed by atoms with E-state index in [4.69, 9.17) is 4.74 Å². The van der Waals surface area contributed by atoms with Crippen molar-refractivity contribution < 1.29 is 13.9 Å². The zero-order chi connectivity index (χ0) is 15.4. The van der Waals surface area contributed by atoms with E-state index in [1.807, 2.05) is 30.3 Å². The van der Waals surface area contributed by atoms with Crippen molar-refractivity contribution in [3.8, 4) is 5.75 Å². The Labute approximate surface area is 128 Å². The summed E-state index contributed by atoms with van der Waals surface area (Å²) < 4.78 is 18.8. The van der Waals surface area contributed by atoms with Gasteiger partial charge in [0.05, 0.1) is 18.4 Å². The van der Waals surface area contributed by atoms with Gasteiger partial charge in [-0.15, -0.1) is 0 Å². The highest BCUT2D eigenvalue weighted by molar-refractivity contribution is 5.93. The number of pyridine rings is 1. The lowest BCUT2D eigenvalue weighted by Crippen LogP contribution is -2.33. The number of carbonyl (C=O) groups is 1. The Bertz CT molecular complexity index is 657. The molecule has 0 bridgehead atoms. The van der Waals surface area contributed by atoms with Crippen LogP contribution in [0.25, 0.3) is 0 Å². The van der Waals surface area contributed by atoms with Crippen LogP contribution in [0.15, 0.2) is 48.8 Å². The second-order valence-electron chi connectivity index (χ2n) is 5.68. The van der Waals surface area contributed by atoms with Crippen LogP contribution < -0.4 is 10.1 Å². The number of nitrogens with zero attached hydrogens (tertiary/aromatic N) is 1. The number of benzene rings is 1. The molecule has 0 saturated heterocycles. The first-order chi connectivity index (χ1) is 10.7. The summed E-state index contributed by atoms with van der Waals surface area (Å²) in [6.45, 7) is 1.09. The van der Waals surface area contributed by atoms with Crippen molar-refractivity contribution in [3.05, 3.63) is 60.2 Å². The van der Waals surface area contributed by atoms with Crippen molar-refractivity contribution in [2.45, 2.75) is 12.8 Å². The summed E-state index contributed by atoms with van der Waals surface area (Å²) in [4.78, 5) is 15.7. The van der Waals surface area contributed by atoms with Crippen LogP contribution in [0.1, 0.15) is 23.2 Å². The van der Waals surface area contributed by atoms with Crippen molar-refractivity contribution in [1.82, 2.24) is 10.3 Å². The number of hydrogen-bond acceptors (Lipinski definition) is 3. The molecule has 1 amide bonds. The van der Waals surface area contributed by atoms with Crippen LogP contribution in [0.2, 0.25) is 0 Å². The van der Waals surface area contributed by atoms with Crippen LogP contribution in [0, 0.1) is 11.2 Å². The monoisotopic (exact) mass is 300 g/mol. The van der Waals surface area contributed by atoms with Gasteiger partial charge in [0, 0.05) is 18.2 Å². The lowest BCUT2D eigenvalue weighted by atomic mass is 10.1. The minimum atomic E-state index is -0.513. The van der Waals surface area contributed by atoms with Crippen LogP contribution in [-0.4, -0.2) is 24.0 Å². The maximum atomic E-state index is 13.1.